The van der Waals surface area contributed by atoms with Crippen molar-refractivity contribution >= 4 is 17.3 Å². The summed E-state index contributed by atoms with van der Waals surface area (Å²) in [7, 11) is 0. The monoisotopic (exact) mass is 372 g/mol. The number of carbonyl (C=O) groups is 3. The summed E-state index contributed by atoms with van der Waals surface area (Å²) in [5.74, 6) is -1.00. The molecule has 2 saturated carbocycles. The molecule has 2 N–H and O–H groups in total. The van der Waals surface area contributed by atoms with Gasteiger partial charge in [-0.25, -0.2) is 0 Å². The third-order valence-corrected chi connectivity index (χ3v) is 8.46. The van der Waals surface area contributed by atoms with Gasteiger partial charge in [0.2, 0.25) is 5.78 Å². The fourth-order valence-electron chi connectivity index (χ4n) is 6.53. The highest BCUT2D eigenvalue weighted by Gasteiger charge is 2.66. The SMILES string of the molecule is CC12CCC(O)C(C)(C)C1=C(O)C(=O)C1=C2C(=O)CC2(C)C(=O)CCC12C. The van der Waals surface area contributed by atoms with Gasteiger partial charge in [-0.1, -0.05) is 34.6 Å². The average Bonchev–Trinajstić information content (AvgIpc) is 2.79. The Kier molecular flexibility index (Phi) is 3.44. The highest BCUT2D eigenvalue weighted by Crippen LogP contribution is 2.67. The van der Waals surface area contributed by atoms with Crippen molar-refractivity contribution in [1.29, 1.82) is 0 Å². The number of allylic oxidation sites excluding steroid dienone is 2. The van der Waals surface area contributed by atoms with Gasteiger partial charge in [0.15, 0.2) is 11.5 Å². The second-order valence-corrected chi connectivity index (χ2v) is 10.1. The van der Waals surface area contributed by atoms with Crippen LogP contribution in [0.2, 0.25) is 0 Å². The first-order chi connectivity index (χ1) is 12.3. The van der Waals surface area contributed by atoms with Crippen LogP contribution in [0.3, 0.4) is 0 Å². The second kappa shape index (κ2) is 4.99. The van der Waals surface area contributed by atoms with Gasteiger partial charge in [-0.15, -0.1) is 0 Å². The van der Waals surface area contributed by atoms with Crippen molar-refractivity contribution in [3.05, 3.63) is 22.5 Å². The Hall–Kier alpha value is -1.75. The maximum atomic E-state index is 13.4. The number of hydrogen-bond acceptors (Lipinski definition) is 5. The summed E-state index contributed by atoms with van der Waals surface area (Å²) in [5.41, 5.74) is -1.92. The summed E-state index contributed by atoms with van der Waals surface area (Å²) in [6.45, 7) is 9.25. The fraction of sp³-hybridized carbons (Fsp3) is 0.682. The number of hydrogen-bond donors (Lipinski definition) is 2. The van der Waals surface area contributed by atoms with E-state index in [4.69, 9.17) is 0 Å². The molecule has 4 aliphatic rings. The zero-order chi connectivity index (χ0) is 20.2. The van der Waals surface area contributed by atoms with Crippen molar-refractivity contribution in [3.8, 4) is 0 Å². The van der Waals surface area contributed by atoms with E-state index in [1.54, 1.807) is 6.92 Å². The van der Waals surface area contributed by atoms with E-state index >= 15 is 0 Å². The number of fused-ring (bicyclic) bond motifs is 4. The lowest BCUT2D eigenvalue weighted by molar-refractivity contribution is -0.136. The number of Topliss-reactive ketones (excluding diaryl/α,β-unsaturated/α-hetero) is 3. The molecule has 4 atom stereocenters. The molecule has 0 saturated heterocycles. The largest absolute Gasteiger partial charge is 0.504 e. The van der Waals surface area contributed by atoms with Gasteiger partial charge in [-0.05, 0) is 24.8 Å². The topological polar surface area (TPSA) is 91.7 Å². The lowest BCUT2D eigenvalue weighted by Gasteiger charge is -2.56. The van der Waals surface area contributed by atoms with Crippen molar-refractivity contribution in [2.45, 2.75) is 72.8 Å². The van der Waals surface area contributed by atoms with Crippen LogP contribution in [0, 0.1) is 21.7 Å². The lowest BCUT2D eigenvalue weighted by Crippen LogP contribution is -2.55. The average molecular weight is 372 g/mol. The van der Waals surface area contributed by atoms with Crippen LogP contribution in [0.4, 0.5) is 0 Å². The highest BCUT2D eigenvalue weighted by molar-refractivity contribution is 6.19. The van der Waals surface area contributed by atoms with E-state index in [1.807, 2.05) is 27.7 Å². The van der Waals surface area contributed by atoms with Crippen LogP contribution in [0.1, 0.15) is 66.7 Å². The van der Waals surface area contributed by atoms with Gasteiger partial charge in [-0.3, -0.25) is 14.4 Å². The number of rotatable bonds is 0. The van der Waals surface area contributed by atoms with Gasteiger partial charge in [0.1, 0.15) is 5.78 Å². The molecule has 146 valence electrons. The molecule has 0 heterocycles. The van der Waals surface area contributed by atoms with Crippen LogP contribution < -0.4 is 0 Å². The minimum Gasteiger partial charge on any atom is -0.504 e. The molecule has 0 amide bonds. The van der Waals surface area contributed by atoms with Crippen molar-refractivity contribution < 1.29 is 24.6 Å². The van der Waals surface area contributed by atoms with Gasteiger partial charge in [0.05, 0.1) is 6.10 Å². The summed E-state index contributed by atoms with van der Waals surface area (Å²) in [5, 5.41) is 21.5. The zero-order valence-corrected chi connectivity index (χ0v) is 16.7. The Balaban J connectivity index is 2.04. The molecule has 5 heteroatoms. The summed E-state index contributed by atoms with van der Waals surface area (Å²) in [6.07, 6.45) is 1.28. The number of aliphatic hydroxyl groups is 2. The van der Waals surface area contributed by atoms with E-state index in [9.17, 15) is 24.6 Å². The fourth-order valence-corrected chi connectivity index (χ4v) is 6.53. The smallest absolute Gasteiger partial charge is 0.224 e. The molecule has 4 aliphatic carbocycles. The normalized spacial score (nSPS) is 43.6. The molecule has 0 aliphatic heterocycles. The maximum absolute atomic E-state index is 13.4. The van der Waals surface area contributed by atoms with E-state index in [-0.39, 0.29) is 23.7 Å². The van der Waals surface area contributed by atoms with E-state index in [0.29, 0.717) is 42.4 Å². The van der Waals surface area contributed by atoms with Gasteiger partial charge in [0, 0.05) is 45.6 Å². The van der Waals surface area contributed by atoms with Crippen LogP contribution in [0.5, 0.6) is 0 Å². The van der Waals surface area contributed by atoms with Crippen molar-refractivity contribution in [2.75, 3.05) is 0 Å². The Bertz CT molecular complexity index is 875. The lowest BCUT2D eigenvalue weighted by atomic mass is 9.46. The summed E-state index contributed by atoms with van der Waals surface area (Å²) >= 11 is 0. The van der Waals surface area contributed by atoms with Crippen LogP contribution in [-0.4, -0.2) is 33.7 Å². The first-order valence-electron chi connectivity index (χ1n) is 9.81. The summed E-state index contributed by atoms with van der Waals surface area (Å²) in [4.78, 5) is 39.4. The third-order valence-electron chi connectivity index (χ3n) is 8.46. The highest BCUT2D eigenvalue weighted by atomic mass is 16.3. The molecule has 27 heavy (non-hydrogen) atoms. The Morgan fingerprint density at radius 1 is 0.926 bits per heavy atom. The summed E-state index contributed by atoms with van der Waals surface area (Å²) in [6, 6.07) is 0. The minimum atomic E-state index is -0.892. The molecule has 4 unspecified atom stereocenters. The van der Waals surface area contributed by atoms with Crippen LogP contribution in [-0.2, 0) is 14.4 Å². The summed E-state index contributed by atoms with van der Waals surface area (Å²) < 4.78 is 0. The number of ketones is 3. The van der Waals surface area contributed by atoms with Crippen LogP contribution in [0.25, 0.3) is 0 Å². The quantitative estimate of drug-likeness (QED) is 0.681. The molecular weight excluding hydrogens is 344 g/mol. The van der Waals surface area contributed by atoms with Crippen LogP contribution in [0.15, 0.2) is 22.5 Å². The van der Waals surface area contributed by atoms with Gasteiger partial charge < -0.3 is 10.2 Å². The van der Waals surface area contributed by atoms with Crippen molar-refractivity contribution in [3.63, 3.8) is 0 Å². The molecule has 0 radical (unpaired) electrons. The first-order valence-corrected chi connectivity index (χ1v) is 9.81. The zero-order valence-electron chi connectivity index (χ0n) is 16.7. The predicted molar refractivity (Wildman–Crippen MR) is 98.9 cm³/mol. The van der Waals surface area contributed by atoms with E-state index in [0.717, 1.165) is 0 Å². The third kappa shape index (κ3) is 1.86. The van der Waals surface area contributed by atoms with Gasteiger partial charge >= 0.3 is 0 Å². The minimum absolute atomic E-state index is 0.0246. The van der Waals surface area contributed by atoms with Crippen molar-refractivity contribution in [1.82, 2.24) is 0 Å². The molecule has 0 aromatic heterocycles. The molecule has 4 rings (SSSR count). The maximum Gasteiger partial charge on any atom is 0.224 e. The Morgan fingerprint density at radius 2 is 1.56 bits per heavy atom. The number of aliphatic hydroxyl groups excluding tert-OH is 2. The van der Waals surface area contributed by atoms with Crippen LogP contribution >= 0.6 is 0 Å². The number of carbonyl (C=O) groups excluding carboxylic acids is 3. The van der Waals surface area contributed by atoms with E-state index in [1.165, 1.54) is 0 Å². The predicted octanol–water partition coefficient (Wildman–Crippen LogP) is 3.21. The van der Waals surface area contributed by atoms with Crippen molar-refractivity contribution in [2.24, 2.45) is 21.7 Å². The molecule has 0 aromatic carbocycles. The first kappa shape index (κ1) is 18.6. The molecule has 0 aromatic rings. The van der Waals surface area contributed by atoms with Gasteiger partial charge in [0.25, 0.3) is 0 Å². The molecule has 2 fully saturated rings. The molecule has 0 bridgehead atoms. The standard InChI is InChI=1S/C22H28O5/c1-19(2)12(24)6-8-20(3)14-11(23)10-22(5)13(25)7-9-21(22,4)15(14)16(26)17(27)18(19)20/h12,24,27H,6-10H2,1-5H3. The Morgan fingerprint density at radius 3 is 2.19 bits per heavy atom. The molecule has 5 nitrogen and oxygen atoms in total. The van der Waals surface area contributed by atoms with Gasteiger partial charge in [-0.2, -0.15) is 0 Å². The Labute approximate surface area is 159 Å². The molecular formula is C22H28O5. The van der Waals surface area contributed by atoms with E-state index < -0.39 is 33.5 Å². The second-order valence-electron chi connectivity index (χ2n) is 10.1. The molecule has 0 spiro atoms. The van der Waals surface area contributed by atoms with E-state index in [2.05, 4.69) is 0 Å².